The fourth-order valence-corrected chi connectivity index (χ4v) is 7.21. The van der Waals surface area contributed by atoms with Crippen LogP contribution in [0.1, 0.15) is 0 Å². The second kappa shape index (κ2) is 11.4. The van der Waals surface area contributed by atoms with Gasteiger partial charge in [-0.1, -0.05) is 121 Å². The Morgan fingerprint density at radius 3 is 1.68 bits per heavy atom. The fraction of sp³-hybridized carbons (Fsp3) is 0. The summed E-state index contributed by atoms with van der Waals surface area (Å²) in [5, 5.41) is 4.74. The molecule has 7 aromatic carbocycles. The average Bonchev–Trinajstić information content (AvgIpc) is 3.74. The van der Waals surface area contributed by atoms with Crippen molar-refractivity contribution in [3.63, 3.8) is 0 Å². The van der Waals surface area contributed by atoms with Crippen LogP contribution in [0.25, 0.3) is 94.5 Å². The van der Waals surface area contributed by atoms with Crippen LogP contribution in [-0.2, 0) is 0 Å². The van der Waals surface area contributed by atoms with Crippen LogP contribution in [0.5, 0.6) is 0 Å². The molecule has 0 aliphatic rings. The maximum atomic E-state index is 6.09. The minimum absolute atomic E-state index is 0.696. The molecule has 0 N–H and O–H groups in total. The van der Waals surface area contributed by atoms with Crippen molar-refractivity contribution in [2.75, 3.05) is 0 Å². The summed E-state index contributed by atoms with van der Waals surface area (Å²) >= 11 is 0. The number of hydrogen-bond acceptors (Lipinski definition) is 3. The molecular weight excluding hydrogens is 611 g/mol. The van der Waals surface area contributed by atoms with Gasteiger partial charge in [0, 0.05) is 43.9 Å². The van der Waals surface area contributed by atoms with E-state index in [1.54, 1.807) is 0 Å². The van der Waals surface area contributed by atoms with Crippen molar-refractivity contribution in [1.82, 2.24) is 14.5 Å². The molecule has 0 aliphatic carbocycles. The third-order valence-corrected chi connectivity index (χ3v) is 9.63. The second-order valence-corrected chi connectivity index (χ2v) is 12.6. The molecule has 0 radical (unpaired) electrons. The Bertz CT molecular complexity index is 2810. The molecule has 0 unspecified atom stereocenters. The molecule has 10 rings (SSSR count). The maximum Gasteiger partial charge on any atom is 0.160 e. The summed E-state index contributed by atoms with van der Waals surface area (Å²) in [6.07, 6.45) is 0. The van der Waals surface area contributed by atoms with E-state index in [-0.39, 0.29) is 0 Å². The Balaban J connectivity index is 1.08. The van der Waals surface area contributed by atoms with Crippen LogP contribution in [0.3, 0.4) is 0 Å². The number of hydrogen-bond donors (Lipinski definition) is 0. The van der Waals surface area contributed by atoms with E-state index < -0.39 is 0 Å². The lowest BCUT2D eigenvalue weighted by Crippen LogP contribution is -1.97. The highest BCUT2D eigenvalue weighted by Gasteiger charge is 2.15. The monoisotopic (exact) mass is 639 g/mol. The van der Waals surface area contributed by atoms with Crippen LogP contribution < -0.4 is 0 Å². The Morgan fingerprint density at radius 2 is 0.920 bits per heavy atom. The largest absolute Gasteiger partial charge is 0.456 e. The summed E-state index contributed by atoms with van der Waals surface area (Å²) in [7, 11) is 0. The van der Waals surface area contributed by atoms with Gasteiger partial charge in [-0.25, -0.2) is 9.97 Å². The number of nitrogens with zero attached hydrogens (tertiary/aromatic N) is 3. The molecule has 0 bridgehead atoms. The van der Waals surface area contributed by atoms with Gasteiger partial charge in [-0.3, -0.25) is 0 Å². The van der Waals surface area contributed by atoms with Gasteiger partial charge in [-0.2, -0.15) is 0 Å². The van der Waals surface area contributed by atoms with E-state index in [0.29, 0.717) is 5.82 Å². The Hall–Kier alpha value is -6.78. The average molecular weight is 640 g/mol. The van der Waals surface area contributed by atoms with E-state index in [1.165, 1.54) is 21.8 Å². The highest BCUT2D eigenvalue weighted by Crippen LogP contribution is 2.36. The number of para-hydroxylation sites is 3. The third kappa shape index (κ3) is 4.69. The molecule has 0 saturated carbocycles. The van der Waals surface area contributed by atoms with Gasteiger partial charge in [0.1, 0.15) is 11.2 Å². The molecule has 0 spiro atoms. The van der Waals surface area contributed by atoms with Crippen molar-refractivity contribution in [3.05, 3.63) is 176 Å². The molecule has 234 valence electrons. The van der Waals surface area contributed by atoms with Crippen molar-refractivity contribution in [2.24, 2.45) is 0 Å². The molecular formula is C46H29N3O. The summed E-state index contributed by atoms with van der Waals surface area (Å²) < 4.78 is 8.43. The van der Waals surface area contributed by atoms with E-state index >= 15 is 0 Å². The first kappa shape index (κ1) is 28.3. The maximum absolute atomic E-state index is 6.09. The number of aromatic nitrogens is 3. The predicted octanol–water partition coefficient (Wildman–Crippen LogP) is 12.1. The van der Waals surface area contributed by atoms with Gasteiger partial charge in [-0.05, 0) is 65.7 Å². The van der Waals surface area contributed by atoms with Gasteiger partial charge >= 0.3 is 0 Å². The first-order valence-corrected chi connectivity index (χ1v) is 16.8. The quantitative estimate of drug-likeness (QED) is 0.188. The van der Waals surface area contributed by atoms with E-state index in [0.717, 1.165) is 66.8 Å². The van der Waals surface area contributed by atoms with Gasteiger partial charge in [0.15, 0.2) is 5.82 Å². The van der Waals surface area contributed by atoms with Gasteiger partial charge in [0.25, 0.3) is 0 Å². The van der Waals surface area contributed by atoms with Crippen LogP contribution in [0, 0.1) is 0 Å². The van der Waals surface area contributed by atoms with Gasteiger partial charge in [-0.15, -0.1) is 0 Å². The molecule has 0 amide bonds. The smallest absolute Gasteiger partial charge is 0.160 e. The fourth-order valence-electron chi connectivity index (χ4n) is 7.21. The summed E-state index contributed by atoms with van der Waals surface area (Å²) in [6.45, 7) is 0. The zero-order chi connectivity index (χ0) is 33.0. The summed E-state index contributed by atoms with van der Waals surface area (Å²) in [5.74, 6) is 0.696. The summed E-state index contributed by atoms with van der Waals surface area (Å²) in [6, 6.07) is 61.4. The molecule has 0 fully saturated rings. The topological polar surface area (TPSA) is 43.9 Å². The first-order valence-electron chi connectivity index (χ1n) is 16.8. The predicted molar refractivity (Wildman–Crippen MR) is 205 cm³/mol. The van der Waals surface area contributed by atoms with Crippen molar-refractivity contribution in [3.8, 4) is 50.7 Å². The SMILES string of the molecule is c1ccc(-c2nc(-c3ccc(-n4c5ccccc5c5ccccc54)cc3)cc(-c3cccc(-c4ccc5oc6ccccc6c5c4)c3)n2)cc1. The molecule has 0 aliphatic heterocycles. The van der Waals surface area contributed by atoms with Crippen LogP contribution in [0.2, 0.25) is 0 Å². The molecule has 4 nitrogen and oxygen atoms in total. The molecule has 3 aromatic heterocycles. The number of benzene rings is 7. The van der Waals surface area contributed by atoms with Crippen LogP contribution in [0.15, 0.2) is 180 Å². The molecule has 50 heavy (non-hydrogen) atoms. The lowest BCUT2D eigenvalue weighted by Gasteiger charge is -2.12. The molecule has 4 heteroatoms. The Morgan fingerprint density at radius 1 is 0.360 bits per heavy atom. The Kier molecular flexibility index (Phi) is 6.46. The van der Waals surface area contributed by atoms with Gasteiger partial charge in [0.2, 0.25) is 0 Å². The highest BCUT2D eigenvalue weighted by atomic mass is 16.3. The number of fused-ring (bicyclic) bond motifs is 6. The minimum atomic E-state index is 0.696. The zero-order valence-corrected chi connectivity index (χ0v) is 27.0. The normalized spacial score (nSPS) is 11.6. The van der Waals surface area contributed by atoms with Gasteiger partial charge in [0.05, 0.1) is 22.4 Å². The third-order valence-electron chi connectivity index (χ3n) is 9.63. The second-order valence-electron chi connectivity index (χ2n) is 12.6. The van der Waals surface area contributed by atoms with Crippen LogP contribution in [0.4, 0.5) is 0 Å². The van der Waals surface area contributed by atoms with Crippen molar-refractivity contribution >= 4 is 43.7 Å². The van der Waals surface area contributed by atoms with E-state index in [2.05, 4.69) is 150 Å². The molecule has 0 saturated heterocycles. The zero-order valence-electron chi connectivity index (χ0n) is 27.0. The molecule has 0 atom stereocenters. The highest BCUT2D eigenvalue weighted by molar-refractivity contribution is 6.09. The van der Waals surface area contributed by atoms with Gasteiger partial charge < -0.3 is 8.98 Å². The molecule has 10 aromatic rings. The number of furan rings is 1. The Labute approximate surface area is 288 Å². The van der Waals surface area contributed by atoms with Crippen LogP contribution >= 0.6 is 0 Å². The van der Waals surface area contributed by atoms with Crippen molar-refractivity contribution in [1.29, 1.82) is 0 Å². The lowest BCUT2D eigenvalue weighted by atomic mass is 9.99. The van der Waals surface area contributed by atoms with E-state index in [9.17, 15) is 0 Å². The minimum Gasteiger partial charge on any atom is -0.456 e. The van der Waals surface area contributed by atoms with E-state index in [1.807, 2.05) is 30.3 Å². The number of rotatable bonds is 5. The van der Waals surface area contributed by atoms with Crippen molar-refractivity contribution in [2.45, 2.75) is 0 Å². The van der Waals surface area contributed by atoms with Crippen molar-refractivity contribution < 1.29 is 4.42 Å². The summed E-state index contributed by atoms with van der Waals surface area (Å²) in [4.78, 5) is 10.2. The standard InChI is InChI=1S/C46H29N3O/c1-2-11-31(12-3-1)46-47-40(30-21-24-35(25-22-30)49-42-18-7-4-15-36(42)37-16-5-8-19-43(37)49)29-41(48-46)34-14-10-13-32(27-34)33-23-26-45-39(28-33)38-17-6-9-20-44(38)50-45/h1-29H. The van der Waals surface area contributed by atoms with Crippen LogP contribution in [-0.4, -0.2) is 14.5 Å². The lowest BCUT2D eigenvalue weighted by molar-refractivity contribution is 0.669. The molecule has 3 heterocycles. The first-order chi connectivity index (χ1) is 24.8. The van der Waals surface area contributed by atoms with E-state index in [4.69, 9.17) is 14.4 Å². The summed E-state index contributed by atoms with van der Waals surface area (Å²) in [5.41, 5.74) is 12.3.